The summed E-state index contributed by atoms with van der Waals surface area (Å²) < 4.78 is 45.9. The molecule has 2 atom stereocenters. The van der Waals surface area contributed by atoms with Crippen LogP contribution >= 0.6 is 0 Å². The quantitative estimate of drug-likeness (QED) is 0.727. The molecule has 4 rings (SSSR count). The van der Waals surface area contributed by atoms with Crippen LogP contribution in [0.5, 0.6) is 0 Å². The number of hydrogen-bond acceptors (Lipinski definition) is 4. The summed E-state index contributed by atoms with van der Waals surface area (Å²) >= 11 is 0. The van der Waals surface area contributed by atoms with Crippen LogP contribution in [-0.4, -0.2) is 45.5 Å². The van der Waals surface area contributed by atoms with E-state index in [0.717, 1.165) is 25.1 Å². The molecule has 1 fully saturated rings. The molecule has 2 aliphatic heterocycles. The molecule has 0 bridgehead atoms. The Labute approximate surface area is 189 Å². The SMILES string of the molecule is CC[C@@H](NC(=O)c1cc(C(=O)N2CCC[C@H]2C)n2c1COCC2)c1ccc(C(F)(F)F)nc1. The van der Waals surface area contributed by atoms with Crippen molar-refractivity contribution in [3.63, 3.8) is 0 Å². The summed E-state index contributed by atoms with van der Waals surface area (Å²) in [5, 5.41) is 2.88. The van der Waals surface area contributed by atoms with E-state index in [2.05, 4.69) is 10.3 Å². The summed E-state index contributed by atoms with van der Waals surface area (Å²) in [4.78, 5) is 31.7. The van der Waals surface area contributed by atoms with Crippen molar-refractivity contribution in [2.24, 2.45) is 0 Å². The third-order valence-electron chi connectivity index (χ3n) is 6.38. The lowest BCUT2D eigenvalue weighted by Gasteiger charge is -2.24. The molecule has 1 N–H and O–H groups in total. The molecule has 2 aliphatic rings. The number of pyridine rings is 1. The van der Waals surface area contributed by atoms with Crippen LogP contribution in [0.15, 0.2) is 24.4 Å². The summed E-state index contributed by atoms with van der Waals surface area (Å²) in [6.07, 6.45) is -1.02. The number of carbonyl (C=O) groups excluding carboxylic acids is 2. The van der Waals surface area contributed by atoms with Gasteiger partial charge < -0.3 is 19.5 Å². The molecule has 0 radical (unpaired) electrons. The predicted molar refractivity (Wildman–Crippen MR) is 114 cm³/mol. The zero-order chi connectivity index (χ0) is 23.8. The van der Waals surface area contributed by atoms with Crippen molar-refractivity contribution in [1.29, 1.82) is 0 Å². The summed E-state index contributed by atoms with van der Waals surface area (Å²) in [7, 11) is 0. The number of nitrogens with one attached hydrogen (secondary N) is 1. The van der Waals surface area contributed by atoms with Crippen molar-refractivity contribution in [1.82, 2.24) is 19.8 Å². The average Bonchev–Trinajstić information content (AvgIpc) is 3.40. The molecule has 0 aliphatic carbocycles. The summed E-state index contributed by atoms with van der Waals surface area (Å²) in [5.74, 6) is -0.495. The fourth-order valence-electron chi connectivity index (χ4n) is 4.52. The van der Waals surface area contributed by atoms with E-state index in [1.54, 1.807) is 6.07 Å². The Bertz CT molecular complexity index is 1030. The molecule has 1 saturated heterocycles. The Morgan fingerprint density at radius 3 is 2.70 bits per heavy atom. The molecule has 4 heterocycles. The molecule has 0 spiro atoms. The van der Waals surface area contributed by atoms with Crippen LogP contribution in [0, 0.1) is 0 Å². The molecule has 2 aromatic rings. The summed E-state index contributed by atoms with van der Waals surface area (Å²) in [6.45, 7) is 5.68. The first-order valence-corrected chi connectivity index (χ1v) is 11.2. The van der Waals surface area contributed by atoms with Gasteiger partial charge in [0.15, 0.2) is 0 Å². The number of fused-ring (bicyclic) bond motifs is 1. The minimum absolute atomic E-state index is 0.0961. The smallest absolute Gasteiger partial charge is 0.373 e. The van der Waals surface area contributed by atoms with Crippen LogP contribution in [0.25, 0.3) is 0 Å². The molecular formula is C23H27F3N4O3. The highest BCUT2D eigenvalue weighted by Gasteiger charge is 2.34. The standard InChI is InChI=1S/C23H27F3N4O3/c1-3-17(15-6-7-20(27-12-15)23(24,25)26)28-21(31)16-11-18(30-9-10-33-13-19(16)30)22(32)29-8-4-5-14(29)2/h6-7,11-12,14,17H,3-5,8-10,13H2,1-2H3,(H,28,31)/t14-,17-/m1/s1. The molecule has 10 heteroatoms. The highest BCUT2D eigenvalue weighted by molar-refractivity contribution is 6.01. The van der Waals surface area contributed by atoms with E-state index in [9.17, 15) is 22.8 Å². The first-order valence-electron chi connectivity index (χ1n) is 11.2. The van der Waals surface area contributed by atoms with Gasteiger partial charge >= 0.3 is 6.18 Å². The van der Waals surface area contributed by atoms with Gasteiger partial charge in [0.1, 0.15) is 11.4 Å². The Kier molecular flexibility index (Phi) is 6.47. The van der Waals surface area contributed by atoms with Crippen LogP contribution in [0.2, 0.25) is 0 Å². The van der Waals surface area contributed by atoms with E-state index >= 15 is 0 Å². The molecule has 2 amide bonds. The number of nitrogens with zero attached hydrogens (tertiary/aromatic N) is 3. The van der Waals surface area contributed by atoms with Gasteiger partial charge in [0.25, 0.3) is 11.8 Å². The van der Waals surface area contributed by atoms with Crippen molar-refractivity contribution in [2.45, 2.75) is 64.5 Å². The fourth-order valence-corrected chi connectivity index (χ4v) is 4.52. The topological polar surface area (TPSA) is 76.5 Å². The van der Waals surface area contributed by atoms with Crippen molar-refractivity contribution in [3.05, 3.63) is 52.6 Å². The summed E-state index contributed by atoms with van der Waals surface area (Å²) in [5.41, 5.74) is 0.949. The number of aromatic nitrogens is 2. The molecule has 0 unspecified atom stereocenters. The van der Waals surface area contributed by atoms with Gasteiger partial charge in [-0.25, -0.2) is 0 Å². The lowest BCUT2D eigenvalue weighted by Crippen LogP contribution is -2.35. The second-order valence-electron chi connectivity index (χ2n) is 8.49. The van der Waals surface area contributed by atoms with E-state index in [1.807, 2.05) is 23.3 Å². The van der Waals surface area contributed by atoms with E-state index in [0.29, 0.717) is 48.6 Å². The second-order valence-corrected chi connectivity index (χ2v) is 8.49. The van der Waals surface area contributed by atoms with Crippen LogP contribution in [-0.2, 0) is 24.1 Å². The lowest BCUT2D eigenvalue weighted by molar-refractivity contribution is -0.141. The predicted octanol–water partition coefficient (Wildman–Crippen LogP) is 3.94. The molecule has 0 saturated carbocycles. The maximum absolute atomic E-state index is 13.2. The first-order chi connectivity index (χ1) is 15.7. The number of amides is 2. The van der Waals surface area contributed by atoms with Crippen molar-refractivity contribution >= 4 is 11.8 Å². The molecule has 178 valence electrons. The Hall–Kier alpha value is -2.88. The Morgan fingerprint density at radius 1 is 1.30 bits per heavy atom. The van der Waals surface area contributed by atoms with E-state index in [-0.39, 0.29) is 18.6 Å². The van der Waals surface area contributed by atoms with E-state index in [1.165, 1.54) is 6.07 Å². The number of rotatable bonds is 5. The van der Waals surface area contributed by atoms with Crippen molar-refractivity contribution < 1.29 is 27.5 Å². The van der Waals surface area contributed by atoms with Gasteiger partial charge in [-0.3, -0.25) is 14.6 Å². The minimum Gasteiger partial charge on any atom is -0.373 e. The number of hydrogen-bond donors (Lipinski definition) is 1. The highest BCUT2D eigenvalue weighted by Crippen LogP contribution is 2.29. The molecular weight excluding hydrogens is 437 g/mol. The fraction of sp³-hybridized carbons (Fsp3) is 0.522. The van der Waals surface area contributed by atoms with Gasteiger partial charge in [0.2, 0.25) is 0 Å². The third-order valence-corrected chi connectivity index (χ3v) is 6.38. The minimum atomic E-state index is -4.52. The van der Waals surface area contributed by atoms with Gasteiger partial charge in [-0.15, -0.1) is 0 Å². The summed E-state index contributed by atoms with van der Waals surface area (Å²) in [6, 6.07) is 3.48. The van der Waals surface area contributed by atoms with Crippen LogP contribution < -0.4 is 5.32 Å². The second kappa shape index (κ2) is 9.17. The average molecular weight is 464 g/mol. The maximum atomic E-state index is 13.2. The highest BCUT2D eigenvalue weighted by atomic mass is 19.4. The number of likely N-dealkylation sites (tertiary alicyclic amines) is 1. The molecule has 0 aromatic carbocycles. The first kappa shape index (κ1) is 23.3. The van der Waals surface area contributed by atoms with Crippen molar-refractivity contribution in [2.75, 3.05) is 13.2 Å². The van der Waals surface area contributed by atoms with Crippen LogP contribution in [0.4, 0.5) is 13.2 Å². The monoisotopic (exact) mass is 464 g/mol. The maximum Gasteiger partial charge on any atom is 0.433 e. The molecule has 2 aromatic heterocycles. The molecule has 7 nitrogen and oxygen atoms in total. The number of halogens is 3. The van der Waals surface area contributed by atoms with Gasteiger partial charge in [-0.1, -0.05) is 13.0 Å². The number of carbonyl (C=O) groups is 2. The van der Waals surface area contributed by atoms with Crippen LogP contribution in [0.3, 0.4) is 0 Å². The molecule has 33 heavy (non-hydrogen) atoms. The Balaban J connectivity index is 1.58. The van der Waals surface area contributed by atoms with Gasteiger partial charge in [0.05, 0.1) is 30.5 Å². The number of alkyl halides is 3. The number of ether oxygens (including phenoxy) is 1. The van der Waals surface area contributed by atoms with Crippen LogP contribution in [0.1, 0.15) is 76.9 Å². The Morgan fingerprint density at radius 2 is 2.09 bits per heavy atom. The normalized spacial score (nSPS) is 19.3. The van der Waals surface area contributed by atoms with E-state index in [4.69, 9.17) is 4.74 Å². The third kappa shape index (κ3) is 4.62. The van der Waals surface area contributed by atoms with Gasteiger partial charge in [-0.2, -0.15) is 13.2 Å². The van der Waals surface area contributed by atoms with Crippen molar-refractivity contribution in [3.8, 4) is 0 Å². The van der Waals surface area contributed by atoms with Gasteiger partial charge in [-0.05, 0) is 43.9 Å². The van der Waals surface area contributed by atoms with Gasteiger partial charge in [0, 0.05) is 25.3 Å². The zero-order valence-corrected chi connectivity index (χ0v) is 18.6. The van der Waals surface area contributed by atoms with E-state index < -0.39 is 23.8 Å². The largest absolute Gasteiger partial charge is 0.433 e. The zero-order valence-electron chi connectivity index (χ0n) is 18.6. The lowest BCUT2D eigenvalue weighted by atomic mass is 10.1.